The topological polar surface area (TPSA) is 78.0 Å². The number of guanidine groups is 1. The fourth-order valence-electron chi connectivity index (χ4n) is 4.17. The molecular formula is C24H41N5O2. The molecule has 1 aromatic rings. The van der Waals surface area contributed by atoms with Crippen LogP contribution in [0.15, 0.2) is 29.3 Å². The molecule has 0 spiro atoms. The average molecular weight is 432 g/mol. The van der Waals surface area contributed by atoms with Crippen LogP contribution >= 0.6 is 0 Å². The molecule has 1 aromatic carbocycles. The van der Waals surface area contributed by atoms with E-state index in [9.17, 15) is 4.79 Å². The van der Waals surface area contributed by atoms with Crippen LogP contribution in [0, 0.1) is 5.92 Å². The number of aliphatic imine (C=N–C) groups is 1. The zero-order valence-corrected chi connectivity index (χ0v) is 19.7. The van der Waals surface area contributed by atoms with Crippen LogP contribution in [-0.2, 0) is 11.2 Å². The Hall–Kier alpha value is -2.12. The summed E-state index contributed by atoms with van der Waals surface area (Å²) in [6.07, 6.45) is 3.16. The van der Waals surface area contributed by atoms with Crippen LogP contribution in [0.3, 0.4) is 0 Å². The number of morpholine rings is 1. The number of nitrogens with zero attached hydrogens (tertiary/aromatic N) is 2. The first kappa shape index (κ1) is 25.1. The summed E-state index contributed by atoms with van der Waals surface area (Å²) in [4.78, 5) is 19.3. The Morgan fingerprint density at radius 3 is 2.55 bits per heavy atom. The first-order valence-corrected chi connectivity index (χ1v) is 11.8. The van der Waals surface area contributed by atoms with Gasteiger partial charge in [-0.3, -0.25) is 14.7 Å². The lowest BCUT2D eigenvalue weighted by Gasteiger charge is -2.38. The molecule has 7 heteroatoms. The van der Waals surface area contributed by atoms with E-state index in [1.807, 2.05) is 18.2 Å². The highest BCUT2D eigenvalue weighted by atomic mass is 16.5. The van der Waals surface area contributed by atoms with Crippen molar-refractivity contribution in [2.75, 3.05) is 53.0 Å². The number of amides is 1. The molecule has 2 rings (SSSR count). The summed E-state index contributed by atoms with van der Waals surface area (Å²) in [6.45, 7) is 12.6. The molecule has 7 nitrogen and oxygen atoms in total. The van der Waals surface area contributed by atoms with Crippen LogP contribution in [0.25, 0.3) is 0 Å². The minimum absolute atomic E-state index is 0.0553. The van der Waals surface area contributed by atoms with Gasteiger partial charge in [-0.1, -0.05) is 38.8 Å². The lowest BCUT2D eigenvalue weighted by Crippen LogP contribution is -2.49. The van der Waals surface area contributed by atoms with E-state index in [1.54, 1.807) is 7.05 Å². The predicted octanol–water partition coefficient (Wildman–Crippen LogP) is 2.28. The van der Waals surface area contributed by atoms with Crippen LogP contribution in [0.5, 0.6) is 0 Å². The van der Waals surface area contributed by atoms with Gasteiger partial charge in [0.2, 0.25) is 0 Å². The third-order valence-electron chi connectivity index (χ3n) is 6.01. The van der Waals surface area contributed by atoms with Gasteiger partial charge in [0.15, 0.2) is 5.96 Å². The van der Waals surface area contributed by atoms with E-state index >= 15 is 0 Å². The number of carbonyl (C=O) groups excluding carboxylic acids is 1. The second-order valence-electron chi connectivity index (χ2n) is 7.97. The number of nitrogens with one attached hydrogen (secondary N) is 3. The van der Waals surface area contributed by atoms with Gasteiger partial charge in [0.1, 0.15) is 0 Å². The van der Waals surface area contributed by atoms with Crippen molar-refractivity contribution in [3.63, 3.8) is 0 Å². The van der Waals surface area contributed by atoms with Crippen LogP contribution in [0.1, 0.15) is 49.5 Å². The zero-order valence-electron chi connectivity index (χ0n) is 19.7. The van der Waals surface area contributed by atoms with Crippen molar-refractivity contribution in [1.82, 2.24) is 20.9 Å². The van der Waals surface area contributed by atoms with Crippen molar-refractivity contribution in [3.05, 3.63) is 35.4 Å². The molecular weight excluding hydrogens is 390 g/mol. The van der Waals surface area contributed by atoms with Gasteiger partial charge in [0, 0.05) is 44.8 Å². The minimum Gasteiger partial charge on any atom is -0.379 e. The number of ether oxygens (including phenoxy) is 1. The van der Waals surface area contributed by atoms with Gasteiger partial charge >= 0.3 is 0 Å². The normalized spacial score (nSPS) is 16.2. The number of hydrogen-bond donors (Lipinski definition) is 3. The molecule has 1 aliphatic heterocycles. The molecule has 1 amide bonds. The van der Waals surface area contributed by atoms with Gasteiger partial charge in [-0.2, -0.15) is 0 Å². The fraction of sp³-hybridized carbons (Fsp3) is 0.667. The highest BCUT2D eigenvalue weighted by Gasteiger charge is 2.26. The van der Waals surface area contributed by atoms with E-state index in [1.165, 1.54) is 12.8 Å². The Kier molecular flexibility index (Phi) is 11.4. The van der Waals surface area contributed by atoms with Crippen molar-refractivity contribution >= 4 is 11.9 Å². The van der Waals surface area contributed by atoms with Gasteiger partial charge in [0.05, 0.1) is 19.8 Å². The van der Waals surface area contributed by atoms with Crippen molar-refractivity contribution in [1.29, 1.82) is 0 Å². The summed E-state index contributed by atoms with van der Waals surface area (Å²) in [5.74, 6) is 1.44. The molecule has 31 heavy (non-hydrogen) atoms. The summed E-state index contributed by atoms with van der Waals surface area (Å²) in [6, 6.07) is 8.22. The minimum atomic E-state index is -0.0553. The molecule has 1 fully saturated rings. The fourth-order valence-corrected chi connectivity index (χ4v) is 4.17. The average Bonchev–Trinajstić information content (AvgIpc) is 2.81. The standard InChI is InChI=1S/C24H41N5O2/c1-5-20(6-2)22(29-13-15-31-16-14-29)18-28-24(26-7-3)27-12-11-19-9-8-10-21(17-19)23(30)25-4/h8-10,17,20,22H,5-7,11-16,18H2,1-4H3,(H,25,30)(H2,26,27,28). The van der Waals surface area contributed by atoms with Gasteiger partial charge < -0.3 is 20.7 Å². The maximum Gasteiger partial charge on any atom is 0.251 e. The number of hydrogen-bond acceptors (Lipinski definition) is 4. The zero-order chi connectivity index (χ0) is 22.5. The molecule has 0 saturated carbocycles. The molecule has 0 bridgehead atoms. The highest BCUT2D eigenvalue weighted by molar-refractivity contribution is 5.94. The molecule has 1 atom stereocenters. The predicted molar refractivity (Wildman–Crippen MR) is 128 cm³/mol. The van der Waals surface area contributed by atoms with Crippen LogP contribution in [0.2, 0.25) is 0 Å². The summed E-state index contributed by atoms with van der Waals surface area (Å²) in [5.41, 5.74) is 1.83. The lowest BCUT2D eigenvalue weighted by atomic mass is 9.92. The van der Waals surface area contributed by atoms with Gasteiger partial charge in [-0.05, 0) is 37.0 Å². The number of carbonyl (C=O) groups is 1. The quantitative estimate of drug-likeness (QED) is 0.370. The molecule has 1 unspecified atom stereocenters. The van der Waals surface area contributed by atoms with E-state index in [4.69, 9.17) is 9.73 Å². The Bertz CT molecular complexity index is 684. The van der Waals surface area contributed by atoms with Gasteiger partial charge in [-0.15, -0.1) is 0 Å². The Morgan fingerprint density at radius 2 is 1.90 bits per heavy atom. The monoisotopic (exact) mass is 431 g/mol. The van der Waals surface area contributed by atoms with Crippen molar-refractivity contribution < 1.29 is 9.53 Å². The van der Waals surface area contributed by atoms with Gasteiger partial charge in [0.25, 0.3) is 5.91 Å². The van der Waals surface area contributed by atoms with E-state index in [-0.39, 0.29) is 5.91 Å². The van der Waals surface area contributed by atoms with Crippen molar-refractivity contribution in [2.45, 2.75) is 46.1 Å². The van der Waals surface area contributed by atoms with E-state index in [2.05, 4.69) is 47.7 Å². The largest absolute Gasteiger partial charge is 0.379 e. The van der Waals surface area contributed by atoms with Crippen molar-refractivity contribution in [3.8, 4) is 0 Å². The van der Waals surface area contributed by atoms with Crippen molar-refractivity contribution in [2.24, 2.45) is 10.9 Å². The van der Waals surface area contributed by atoms with Crippen LogP contribution in [-0.4, -0.2) is 75.8 Å². The van der Waals surface area contributed by atoms with E-state index in [0.29, 0.717) is 17.5 Å². The molecule has 1 heterocycles. The highest BCUT2D eigenvalue weighted by Crippen LogP contribution is 2.20. The van der Waals surface area contributed by atoms with Crippen LogP contribution in [0.4, 0.5) is 0 Å². The third kappa shape index (κ3) is 8.15. The summed E-state index contributed by atoms with van der Waals surface area (Å²) < 4.78 is 5.56. The Labute approximate surface area is 188 Å². The molecule has 1 aliphatic rings. The first-order valence-electron chi connectivity index (χ1n) is 11.8. The first-order chi connectivity index (χ1) is 15.1. The van der Waals surface area contributed by atoms with Gasteiger partial charge in [-0.25, -0.2) is 0 Å². The molecule has 0 radical (unpaired) electrons. The van der Waals surface area contributed by atoms with E-state index in [0.717, 1.165) is 63.9 Å². The Balaban J connectivity index is 1.98. The molecule has 3 N–H and O–H groups in total. The molecule has 1 saturated heterocycles. The second kappa shape index (κ2) is 14.0. The third-order valence-corrected chi connectivity index (χ3v) is 6.01. The second-order valence-corrected chi connectivity index (χ2v) is 7.97. The SMILES string of the molecule is CCNC(=NCC(C(CC)CC)N1CCOCC1)NCCc1cccc(C(=O)NC)c1. The number of rotatable bonds is 11. The Morgan fingerprint density at radius 1 is 1.16 bits per heavy atom. The van der Waals surface area contributed by atoms with E-state index < -0.39 is 0 Å². The molecule has 0 aromatic heterocycles. The number of benzene rings is 1. The maximum absolute atomic E-state index is 11.8. The molecule has 0 aliphatic carbocycles. The summed E-state index contributed by atoms with van der Waals surface area (Å²) >= 11 is 0. The maximum atomic E-state index is 11.8. The lowest BCUT2D eigenvalue weighted by molar-refractivity contribution is 0.00395. The summed E-state index contributed by atoms with van der Waals surface area (Å²) in [7, 11) is 1.65. The van der Waals surface area contributed by atoms with Crippen LogP contribution < -0.4 is 16.0 Å². The smallest absolute Gasteiger partial charge is 0.251 e. The molecule has 174 valence electrons. The summed E-state index contributed by atoms with van der Waals surface area (Å²) in [5, 5.41) is 9.51.